The quantitative estimate of drug-likeness (QED) is 0.270. The maximum atomic E-state index is 13.2. The summed E-state index contributed by atoms with van der Waals surface area (Å²) in [4.78, 5) is 0. The van der Waals surface area contributed by atoms with E-state index in [1.807, 2.05) is 91.0 Å². The minimum atomic E-state index is -3.61. The van der Waals surface area contributed by atoms with Gasteiger partial charge in [0.2, 0.25) is 0 Å². The topological polar surface area (TPSA) is 71.1 Å². The summed E-state index contributed by atoms with van der Waals surface area (Å²) in [6, 6.07) is 29.5. The normalized spacial score (nSPS) is 21.7. The molecular formula is C31H36O6S. The number of hydrogen-bond donors (Lipinski definition) is 0. The molecule has 0 N–H and O–H groups in total. The minimum Gasteiger partial charge on any atom is -0.374 e. The molecule has 7 heteroatoms. The number of sulfone groups is 1. The Morgan fingerprint density at radius 1 is 0.816 bits per heavy atom. The van der Waals surface area contributed by atoms with Gasteiger partial charge in [0.15, 0.2) is 15.3 Å². The summed E-state index contributed by atoms with van der Waals surface area (Å²) in [5.41, 5.74) is 2.55. The zero-order valence-corrected chi connectivity index (χ0v) is 22.6. The molecule has 4 rings (SSSR count). The molecule has 1 saturated heterocycles. The Morgan fingerprint density at radius 3 is 1.84 bits per heavy atom. The molecule has 0 radical (unpaired) electrons. The predicted molar refractivity (Wildman–Crippen MR) is 148 cm³/mol. The minimum absolute atomic E-state index is 0.143. The van der Waals surface area contributed by atoms with Crippen LogP contribution in [-0.2, 0) is 48.6 Å². The van der Waals surface area contributed by atoms with E-state index in [1.165, 1.54) is 0 Å². The molecule has 1 heterocycles. The highest BCUT2D eigenvalue weighted by molar-refractivity contribution is 7.92. The van der Waals surface area contributed by atoms with Crippen LogP contribution in [0.2, 0.25) is 0 Å². The van der Waals surface area contributed by atoms with Crippen LogP contribution in [-0.4, -0.2) is 44.5 Å². The third-order valence-corrected chi connectivity index (χ3v) is 8.32. The molecular weight excluding hydrogens is 500 g/mol. The molecule has 202 valence electrons. The molecule has 1 fully saturated rings. The van der Waals surface area contributed by atoms with E-state index >= 15 is 0 Å². The molecule has 0 bridgehead atoms. The summed E-state index contributed by atoms with van der Waals surface area (Å²) >= 11 is 0. The smallest absolute Gasteiger partial charge is 0.181 e. The molecule has 1 aliphatic heterocycles. The molecule has 0 spiro atoms. The van der Waals surface area contributed by atoms with Gasteiger partial charge >= 0.3 is 0 Å². The first-order valence-corrected chi connectivity index (χ1v) is 14.6. The highest BCUT2D eigenvalue weighted by atomic mass is 32.2. The van der Waals surface area contributed by atoms with Gasteiger partial charge < -0.3 is 18.9 Å². The zero-order chi connectivity index (χ0) is 26.8. The first kappa shape index (κ1) is 28.2. The van der Waals surface area contributed by atoms with Crippen molar-refractivity contribution in [1.82, 2.24) is 0 Å². The third-order valence-electron chi connectivity index (χ3n) is 6.32. The average Bonchev–Trinajstić information content (AvgIpc) is 2.92. The van der Waals surface area contributed by atoms with Crippen molar-refractivity contribution in [1.29, 1.82) is 0 Å². The van der Waals surface area contributed by atoms with Crippen molar-refractivity contribution in [2.24, 2.45) is 0 Å². The van der Waals surface area contributed by atoms with Crippen LogP contribution in [0.4, 0.5) is 0 Å². The van der Waals surface area contributed by atoms with Crippen molar-refractivity contribution in [3.05, 3.63) is 120 Å². The fourth-order valence-corrected chi connectivity index (χ4v) is 6.15. The van der Waals surface area contributed by atoms with Gasteiger partial charge in [0, 0.05) is 6.42 Å². The van der Waals surface area contributed by atoms with Crippen molar-refractivity contribution in [2.75, 3.05) is 12.4 Å². The number of rotatable bonds is 13. The van der Waals surface area contributed by atoms with E-state index in [0.29, 0.717) is 25.4 Å². The van der Waals surface area contributed by atoms with Crippen molar-refractivity contribution in [2.45, 2.75) is 56.9 Å². The van der Waals surface area contributed by atoms with Gasteiger partial charge in [-0.1, -0.05) is 103 Å². The van der Waals surface area contributed by atoms with Crippen LogP contribution in [0.3, 0.4) is 0 Å². The highest BCUT2D eigenvalue weighted by Gasteiger charge is 2.45. The second kappa shape index (κ2) is 13.8. The van der Waals surface area contributed by atoms with Crippen LogP contribution in [0, 0.1) is 0 Å². The van der Waals surface area contributed by atoms with Gasteiger partial charge in [0.05, 0.1) is 38.3 Å². The lowest BCUT2D eigenvalue weighted by molar-refractivity contribution is -0.205. The Kier molecular flexibility index (Phi) is 10.3. The first-order valence-electron chi connectivity index (χ1n) is 12.8. The Hall–Kier alpha value is -2.81. The average molecular weight is 537 g/mol. The fraction of sp³-hybridized carbons (Fsp3) is 0.355. The Labute approximate surface area is 226 Å². The molecule has 1 unspecified atom stereocenters. The molecule has 0 aromatic heterocycles. The molecule has 3 aromatic carbocycles. The lowest BCUT2D eigenvalue weighted by Gasteiger charge is -2.41. The van der Waals surface area contributed by atoms with E-state index in [9.17, 15) is 8.42 Å². The first-order chi connectivity index (χ1) is 18.4. The maximum Gasteiger partial charge on any atom is 0.181 e. The van der Waals surface area contributed by atoms with Crippen LogP contribution < -0.4 is 0 Å². The maximum absolute atomic E-state index is 13.2. The van der Waals surface area contributed by atoms with E-state index in [2.05, 4.69) is 6.58 Å². The molecule has 0 amide bonds. The van der Waals surface area contributed by atoms with Crippen molar-refractivity contribution >= 4 is 9.84 Å². The largest absolute Gasteiger partial charge is 0.374 e. The Bertz CT molecular complexity index is 1230. The van der Waals surface area contributed by atoms with Crippen LogP contribution >= 0.6 is 0 Å². The zero-order valence-electron chi connectivity index (χ0n) is 21.8. The van der Waals surface area contributed by atoms with Gasteiger partial charge in [-0.05, 0) is 23.6 Å². The van der Waals surface area contributed by atoms with Crippen molar-refractivity contribution < 1.29 is 27.4 Å². The van der Waals surface area contributed by atoms with E-state index in [1.54, 1.807) is 6.92 Å². The molecule has 1 aliphatic rings. The van der Waals surface area contributed by atoms with Gasteiger partial charge in [-0.2, -0.15) is 0 Å². The molecule has 3 aromatic rings. The summed E-state index contributed by atoms with van der Waals surface area (Å²) in [5, 5.41) is 0. The fourth-order valence-electron chi connectivity index (χ4n) is 4.48. The molecule has 0 saturated carbocycles. The molecule has 4 atom stereocenters. The van der Waals surface area contributed by atoms with Crippen LogP contribution in [0.25, 0.3) is 0 Å². The van der Waals surface area contributed by atoms with E-state index in [0.717, 1.165) is 16.7 Å². The Morgan fingerprint density at radius 2 is 1.32 bits per heavy atom. The summed E-state index contributed by atoms with van der Waals surface area (Å²) in [6.07, 6.45) is -1.51. The molecule has 0 aliphatic carbocycles. The number of hydrogen-bond acceptors (Lipinski definition) is 6. The summed E-state index contributed by atoms with van der Waals surface area (Å²) in [5.74, 6) is -0.143. The Balaban J connectivity index is 1.55. The van der Waals surface area contributed by atoms with Gasteiger partial charge in [0.25, 0.3) is 0 Å². The standard InChI is InChI=1S/C31H36O6S/c1-24(2)23-38(32,33)30-18-28(35-20-26-14-8-4-9-15-26)31(36-21-27-16-10-5-11-17-27)29(37-30)22-34-19-25-12-6-3-7-13-25/h3-17,28-31H,1,18-23H2,2H3/t28-,29-,30?,31+/m1/s1. The summed E-state index contributed by atoms with van der Waals surface area (Å²) < 4.78 is 51.4. The molecule has 6 nitrogen and oxygen atoms in total. The summed E-state index contributed by atoms with van der Waals surface area (Å²) in [6.45, 7) is 6.72. The lowest BCUT2D eigenvalue weighted by atomic mass is 10.0. The lowest BCUT2D eigenvalue weighted by Crippen LogP contribution is -2.54. The van der Waals surface area contributed by atoms with Gasteiger partial charge in [-0.25, -0.2) is 8.42 Å². The monoisotopic (exact) mass is 536 g/mol. The van der Waals surface area contributed by atoms with Gasteiger partial charge in [-0.3, -0.25) is 0 Å². The second-order valence-corrected chi connectivity index (χ2v) is 11.8. The van der Waals surface area contributed by atoms with Crippen LogP contribution in [0.5, 0.6) is 0 Å². The SMILES string of the molecule is C=C(C)CS(=O)(=O)C1C[C@@H](OCc2ccccc2)[C@H](OCc2ccccc2)[C@@H](COCc2ccccc2)O1. The van der Waals surface area contributed by atoms with Crippen molar-refractivity contribution in [3.8, 4) is 0 Å². The second-order valence-electron chi connectivity index (χ2n) is 9.70. The third kappa shape index (κ3) is 8.35. The van der Waals surface area contributed by atoms with Gasteiger partial charge in [-0.15, -0.1) is 0 Å². The van der Waals surface area contributed by atoms with Crippen LogP contribution in [0.1, 0.15) is 30.0 Å². The molecule has 38 heavy (non-hydrogen) atoms. The van der Waals surface area contributed by atoms with E-state index in [4.69, 9.17) is 18.9 Å². The highest BCUT2D eigenvalue weighted by Crippen LogP contribution is 2.31. The number of ether oxygens (including phenoxy) is 4. The summed E-state index contributed by atoms with van der Waals surface area (Å²) in [7, 11) is -3.61. The van der Waals surface area contributed by atoms with E-state index in [-0.39, 0.29) is 18.8 Å². The van der Waals surface area contributed by atoms with Crippen molar-refractivity contribution in [3.63, 3.8) is 0 Å². The van der Waals surface area contributed by atoms with E-state index < -0.39 is 33.6 Å². The van der Waals surface area contributed by atoms with Crippen LogP contribution in [0.15, 0.2) is 103 Å². The number of benzene rings is 3. The predicted octanol–water partition coefficient (Wildman–Crippen LogP) is 5.48. The van der Waals surface area contributed by atoms with Gasteiger partial charge in [0.1, 0.15) is 12.2 Å².